The van der Waals surface area contributed by atoms with Crippen molar-refractivity contribution in [2.24, 2.45) is 5.10 Å². The highest BCUT2D eigenvalue weighted by molar-refractivity contribution is 7.89. The fraction of sp³-hybridized carbons (Fsp3) is 0.0952. The smallest absolute Gasteiger partial charge is 0.339 e. The molecule has 0 bridgehead atoms. The predicted molar refractivity (Wildman–Crippen MR) is 125 cm³/mol. The molecule has 0 radical (unpaired) electrons. The van der Waals surface area contributed by atoms with Crippen LogP contribution in [0.4, 0.5) is 0 Å². The first-order valence-corrected chi connectivity index (χ1v) is 12.7. The van der Waals surface area contributed by atoms with Gasteiger partial charge in [-0.2, -0.15) is 21.9 Å². The Kier molecular flexibility index (Phi) is 7.14. The number of rotatable bonds is 7. The van der Waals surface area contributed by atoms with Crippen molar-refractivity contribution in [3.05, 3.63) is 87.4 Å². The van der Waals surface area contributed by atoms with Crippen LogP contribution in [-0.2, 0) is 20.1 Å². The number of nitrogens with zero attached hydrogens (tertiary/aromatic N) is 1. The van der Waals surface area contributed by atoms with Gasteiger partial charge in [0.2, 0.25) is 0 Å². The Morgan fingerprint density at radius 1 is 0.812 bits per heavy atom. The van der Waals surface area contributed by atoms with Gasteiger partial charge in [-0.3, -0.25) is 0 Å². The quantitative estimate of drug-likeness (QED) is 0.281. The summed E-state index contributed by atoms with van der Waals surface area (Å²) in [4.78, 5) is 2.10. The van der Waals surface area contributed by atoms with Crippen molar-refractivity contribution in [1.29, 1.82) is 0 Å². The SMILES string of the molecule is Cc1ccc(S(=O)(=O)N/N=C\c2cc(Cl)c(OS(=O)(=O)c3ccc(C)cc3)c(Cl)c2)cc1. The van der Waals surface area contributed by atoms with Gasteiger partial charge in [-0.1, -0.05) is 58.6 Å². The maximum atomic E-state index is 12.5. The van der Waals surface area contributed by atoms with Gasteiger partial charge in [-0.25, -0.2) is 4.83 Å². The van der Waals surface area contributed by atoms with Crippen molar-refractivity contribution in [2.75, 3.05) is 0 Å². The third kappa shape index (κ3) is 5.80. The monoisotopic (exact) mass is 512 g/mol. The van der Waals surface area contributed by atoms with E-state index in [2.05, 4.69) is 9.93 Å². The minimum absolute atomic E-state index is 0.0496. The number of hydrazone groups is 1. The molecule has 0 heterocycles. The molecule has 11 heteroatoms. The van der Waals surface area contributed by atoms with E-state index in [0.717, 1.165) is 11.1 Å². The van der Waals surface area contributed by atoms with Gasteiger partial charge in [-0.15, -0.1) is 0 Å². The average Bonchev–Trinajstić information content (AvgIpc) is 2.71. The highest BCUT2D eigenvalue weighted by Crippen LogP contribution is 2.36. The number of hydrogen-bond donors (Lipinski definition) is 1. The van der Waals surface area contributed by atoms with Crippen molar-refractivity contribution in [3.8, 4) is 5.75 Å². The van der Waals surface area contributed by atoms with Crippen molar-refractivity contribution in [2.45, 2.75) is 23.6 Å². The Hall–Kier alpha value is -2.59. The summed E-state index contributed by atoms with van der Waals surface area (Å²) in [5, 5.41) is 3.54. The number of benzene rings is 3. The molecule has 0 aliphatic heterocycles. The molecule has 0 atom stereocenters. The number of halogens is 2. The van der Waals surface area contributed by atoms with E-state index < -0.39 is 20.1 Å². The van der Waals surface area contributed by atoms with Crippen molar-refractivity contribution >= 4 is 49.6 Å². The van der Waals surface area contributed by atoms with Crippen molar-refractivity contribution in [3.63, 3.8) is 0 Å². The molecule has 1 N–H and O–H groups in total. The van der Waals surface area contributed by atoms with Crippen LogP contribution >= 0.6 is 23.2 Å². The first-order chi connectivity index (χ1) is 15.0. The zero-order chi connectivity index (χ0) is 23.5. The van der Waals surface area contributed by atoms with E-state index in [1.165, 1.54) is 42.6 Å². The second kappa shape index (κ2) is 9.50. The first kappa shape index (κ1) is 24.1. The second-order valence-electron chi connectivity index (χ2n) is 6.83. The first-order valence-electron chi connectivity index (χ1n) is 9.10. The lowest BCUT2D eigenvalue weighted by Gasteiger charge is -2.11. The predicted octanol–water partition coefficient (Wildman–Crippen LogP) is 4.69. The van der Waals surface area contributed by atoms with E-state index in [4.69, 9.17) is 27.4 Å². The number of nitrogens with one attached hydrogen (secondary N) is 1. The Labute approximate surface area is 196 Å². The lowest BCUT2D eigenvalue weighted by molar-refractivity contribution is 0.486. The van der Waals surface area contributed by atoms with E-state index in [0.29, 0.717) is 5.56 Å². The van der Waals surface area contributed by atoms with Gasteiger partial charge in [0.05, 0.1) is 21.2 Å². The number of hydrogen-bond acceptors (Lipinski definition) is 6. The Balaban J connectivity index is 1.78. The highest BCUT2D eigenvalue weighted by Gasteiger charge is 2.21. The van der Waals surface area contributed by atoms with E-state index in [-0.39, 0.29) is 25.6 Å². The normalized spacial score (nSPS) is 12.1. The molecule has 0 unspecified atom stereocenters. The molecular weight excluding hydrogens is 495 g/mol. The molecule has 0 aromatic heterocycles. The molecule has 0 spiro atoms. The standard InChI is InChI=1S/C21H18Cl2N2O5S2/c1-14-3-7-17(8-4-14)31(26,27)25-24-13-16-11-19(22)21(20(23)12-16)30-32(28,29)18-9-5-15(2)6-10-18/h3-13,25H,1-2H3/b24-13-. The molecular formula is C21H18Cl2N2O5S2. The minimum atomic E-state index is -4.15. The summed E-state index contributed by atoms with van der Waals surface area (Å²) in [6.45, 7) is 3.67. The zero-order valence-electron chi connectivity index (χ0n) is 16.9. The third-order valence-electron chi connectivity index (χ3n) is 4.24. The minimum Gasteiger partial charge on any atom is -0.376 e. The van der Waals surface area contributed by atoms with Crippen LogP contribution in [0, 0.1) is 13.8 Å². The average molecular weight is 513 g/mol. The number of sulfonamides is 1. The van der Waals surface area contributed by atoms with E-state index >= 15 is 0 Å². The molecule has 3 rings (SSSR count). The molecule has 7 nitrogen and oxygen atoms in total. The van der Waals surface area contributed by atoms with E-state index in [9.17, 15) is 16.8 Å². The van der Waals surface area contributed by atoms with Gasteiger partial charge in [-0.05, 0) is 55.8 Å². The Bertz CT molecular complexity index is 1350. The van der Waals surface area contributed by atoms with E-state index in [1.807, 2.05) is 13.8 Å². The van der Waals surface area contributed by atoms with Crippen molar-refractivity contribution in [1.82, 2.24) is 4.83 Å². The van der Waals surface area contributed by atoms with Crippen LogP contribution in [0.2, 0.25) is 10.0 Å². The molecule has 32 heavy (non-hydrogen) atoms. The van der Waals surface area contributed by atoms with Crippen molar-refractivity contribution < 1.29 is 21.0 Å². The third-order valence-corrected chi connectivity index (χ3v) is 7.28. The molecule has 168 valence electrons. The maximum absolute atomic E-state index is 12.5. The van der Waals surface area contributed by atoms with Gasteiger partial charge in [0, 0.05) is 0 Å². The summed E-state index contributed by atoms with van der Waals surface area (Å²) in [5.41, 5.74) is 2.14. The second-order valence-corrected chi connectivity index (χ2v) is 10.9. The summed E-state index contributed by atoms with van der Waals surface area (Å²) < 4.78 is 54.7. The summed E-state index contributed by atoms with van der Waals surface area (Å²) in [6.07, 6.45) is 1.18. The van der Waals surface area contributed by atoms with Gasteiger partial charge in [0.15, 0.2) is 5.75 Å². The van der Waals surface area contributed by atoms with Gasteiger partial charge in [0.1, 0.15) is 4.90 Å². The summed E-state index contributed by atoms with van der Waals surface area (Å²) in [5.74, 6) is -0.244. The molecule has 0 amide bonds. The Morgan fingerprint density at radius 2 is 1.28 bits per heavy atom. The lowest BCUT2D eigenvalue weighted by atomic mass is 10.2. The van der Waals surface area contributed by atoms with E-state index in [1.54, 1.807) is 24.3 Å². The molecule has 0 saturated carbocycles. The van der Waals surface area contributed by atoms with Crippen LogP contribution in [0.3, 0.4) is 0 Å². The fourth-order valence-corrected chi connectivity index (χ4v) is 4.97. The molecule has 0 saturated heterocycles. The zero-order valence-corrected chi connectivity index (χ0v) is 20.1. The lowest BCUT2D eigenvalue weighted by Crippen LogP contribution is -2.18. The van der Waals surface area contributed by atoms with Crippen LogP contribution in [0.1, 0.15) is 16.7 Å². The molecule has 0 aliphatic rings. The summed E-state index contributed by atoms with van der Waals surface area (Å²) in [6, 6.07) is 15.0. The molecule has 0 fully saturated rings. The van der Waals surface area contributed by atoms with Crippen LogP contribution in [-0.4, -0.2) is 23.1 Å². The highest BCUT2D eigenvalue weighted by atomic mass is 35.5. The van der Waals surface area contributed by atoms with Crippen LogP contribution in [0.5, 0.6) is 5.75 Å². The Morgan fingerprint density at radius 3 is 1.78 bits per heavy atom. The summed E-state index contributed by atoms with van der Waals surface area (Å²) in [7, 11) is -8.00. The maximum Gasteiger partial charge on any atom is 0.339 e. The largest absolute Gasteiger partial charge is 0.376 e. The topological polar surface area (TPSA) is 102 Å². The molecule has 3 aromatic rings. The molecule has 3 aromatic carbocycles. The number of aryl methyl sites for hydroxylation is 2. The van der Waals surface area contributed by atoms with Gasteiger partial charge in [0.25, 0.3) is 10.0 Å². The van der Waals surface area contributed by atoms with Gasteiger partial charge < -0.3 is 4.18 Å². The van der Waals surface area contributed by atoms with Crippen LogP contribution < -0.4 is 9.01 Å². The van der Waals surface area contributed by atoms with Crippen LogP contribution in [0.25, 0.3) is 0 Å². The fourth-order valence-electron chi connectivity index (χ4n) is 2.54. The molecule has 0 aliphatic carbocycles. The van der Waals surface area contributed by atoms with Gasteiger partial charge >= 0.3 is 10.1 Å². The van der Waals surface area contributed by atoms with Crippen LogP contribution in [0.15, 0.2) is 75.6 Å². The summed E-state index contributed by atoms with van der Waals surface area (Å²) >= 11 is 12.3.